The van der Waals surface area contributed by atoms with Gasteiger partial charge < -0.3 is 24.3 Å². The van der Waals surface area contributed by atoms with E-state index in [9.17, 15) is 13.2 Å². The summed E-state index contributed by atoms with van der Waals surface area (Å²) in [5.41, 5.74) is 2.29. The Bertz CT molecular complexity index is 1470. The molecule has 3 heterocycles. The van der Waals surface area contributed by atoms with E-state index in [2.05, 4.69) is 10.3 Å². The molecule has 198 valence electrons. The number of nitrogens with zero attached hydrogens (tertiary/aromatic N) is 1. The molecule has 2 aliphatic carbocycles. The highest BCUT2D eigenvalue weighted by molar-refractivity contribution is 7.91. The van der Waals surface area contributed by atoms with Crippen molar-refractivity contribution in [3.63, 3.8) is 0 Å². The first-order valence-electron chi connectivity index (χ1n) is 13.3. The topological polar surface area (TPSA) is 102 Å². The largest absolute Gasteiger partial charge is 0.490 e. The van der Waals surface area contributed by atoms with Gasteiger partial charge in [0.25, 0.3) is 5.56 Å². The smallest absolute Gasteiger partial charge is 0.274 e. The Morgan fingerprint density at radius 1 is 1.05 bits per heavy atom. The van der Waals surface area contributed by atoms with Crippen LogP contribution in [0.3, 0.4) is 0 Å². The molecular weight excluding hydrogens is 490 g/mol. The second-order valence-corrected chi connectivity index (χ2v) is 13.3. The molecule has 1 aromatic carbocycles. The van der Waals surface area contributed by atoms with Crippen LogP contribution >= 0.6 is 0 Å². The van der Waals surface area contributed by atoms with Crippen LogP contribution in [0.1, 0.15) is 45.4 Å². The van der Waals surface area contributed by atoms with Crippen LogP contribution in [0.5, 0.6) is 5.75 Å². The maximum Gasteiger partial charge on any atom is 0.274 e. The lowest BCUT2D eigenvalue weighted by Gasteiger charge is -2.52. The summed E-state index contributed by atoms with van der Waals surface area (Å²) in [4.78, 5) is 15.9. The van der Waals surface area contributed by atoms with Gasteiger partial charge in [-0.05, 0) is 68.5 Å². The van der Waals surface area contributed by atoms with Crippen molar-refractivity contribution in [1.82, 2.24) is 14.9 Å². The molecule has 3 fully saturated rings. The van der Waals surface area contributed by atoms with Gasteiger partial charge in [0.1, 0.15) is 17.4 Å². The number of piperidine rings is 1. The molecule has 1 aliphatic heterocycles. The van der Waals surface area contributed by atoms with Gasteiger partial charge >= 0.3 is 0 Å². The maximum atomic E-state index is 12.7. The predicted octanol–water partition coefficient (Wildman–Crippen LogP) is 3.79. The Morgan fingerprint density at radius 3 is 2.54 bits per heavy atom. The quantitative estimate of drug-likeness (QED) is 0.487. The van der Waals surface area contributed by atoms with Crippen LogP contribution in [0.15, 0.2) is 46.3 Å². The molecule has 2 aromatic heterocycles. The number of hydrogen-bond donors (Lipinski definition) is 2. The van der Waals surface area contributed by atoms with Crippen LogP contribution in [0, 0.1) is 5.41 Å². The fraction of sp³-hybridized carbons (Fsp3) is 0.536. The highest BCUT2D eigenvalue weighted by Gasteiger charge is 2.47. The molecule has 0 amide bonds. The number of benzene rings is 1. The third kappa shape index (κ3) is 4.51. The number of aromatic amines is 1. The van der Waals surface area contributed by atoms with Crippen molar-refractivity contribution >= 4 is 20.7 Å². The lowest BCUT2D eigenvalue weighted by Crippen LogP contribution is -2.51. The van der Waals surface area contributed by atoms with Crippen molar-refractivity contribution in [1.29, 1.82) is 0 Å². The average molecular weight is 526 g/mol. The van der Waals surface area contributed by atoms with Crippen LogP contribution in [0.4, 0.5) is 0 Å². The van der Waals surface area contributed by atoms with E-state index < -0.39 is 9.84 Å². The van der Waals surface area contributed by atoms with E-state index in [1.807, 2.05) is 6.07 Å². The SMILES string of the molecule is CCS(=O)(=O)c1ccc(OC2CC(OC3CC4(CCNCC4)C3)C2)c(-c2cn(C)c(=O)c3[nH]ccc23)c1. The minimum Gasteiger partial charge on any atom is -0.490 e. The summed E-state index contributed by atoms with van der Waals surface area (Å²) in [7, 11) is -1.71. The highest BCUT2D eigenvalue weighted by Crippen LogP contribution is 2.50. The van der Waals surface area contributed by atoms with Crippen LogP contribution in [-0.2, 0) is 21.6 Å². The van der Waals surface area contributed by atoms with Crippen molar-refractivity contribution in [3.05, 3.63) is 47.0 Å². The first kappa shape index (κ1) is 24.7. The molecule has 1 saturated heterocycles. The summed E-state index contributed by atoms with van der Waals surface area (Å²) in [5.74, 6) is 0.636. The Balaban J connectivity index is 1.21. The number of ether oxygens (including phenoxy) is 2. The molecule has 3 aliphatic rings. The molecule has 2 N–H and O–H groups in total. The zero-order chi connectivity index (χ0) is 25.8. The Labute approximate surface area is 217 Å². The normalized spacial score (nSPS) is 23.6. The van der Waals surface area contributed by atoms with E-state index in [4.69, 9.17) is 9.47 Å². The summed E-state index contributed by atoms with van der Waals surface area (Å²) < 4.78 is 39.7. The predicted molar refractivity (Wildman–Crippen MR) is 143 cm³/mol. The van der Waals surface area contributed by atoms with Gasteiger partial charge in [0.2, 0.25) is 0 Å². The van der Waals surface area contributed by atoms with Crippen molar-refractivity contribution in [2.24, 2.45) is 12.5 Å². The number of nitrogens with one attached hydrogen (secondary N) is 2. The van der Waals surface area contributed by atoms with Crippen LogP contribution < -0.4 is 15.6 Å². The zero-order valence-corrected chi connectivity index (χ0v) is 22.3. The van der Waals surface area contributed by atoms with Gasteiger partial charge in [-0.25, -0.2) is 8.42 Å². The minimum absolute atomic E-state index is 0.0135. The molecule has 8 nitrogen and oxygen atoms in total. The Morgan fingerprint density at radius 2 is 1.81 bits per heavy atom. The maximum absolute atomic E-state index is 12.7. The van der Waals surface area contributed by atoms with E-state index in [1.165, 1.54) is 30.3 Å². The Kier molecular flexibility index (Phi) is 6.20. The molecule has 0 unspecified atom stereocenters. The molecule has 2 saturated carbocycles. The molecule has 6 rings (SSSR count). The number of H-pyrrole nitrogens is 1. The third-order valence-electron chi connectivity index (χ3n) is 8.59. The van der Waals surface area contributed by atoms with Crippen molar-refractivity contribution in [2.75, 3.05) is 18.8 Å². The van der Waals surface area contributed by atoms with E-state index in [-0.39, 0.29) is 28.4 Å². The summed E-state index contributed by atoms with van der Waals surface area (Å²) in [6.07, 6.45) is 10.6. The average Bonchev–Trinajstić information content (AvgIpc) is 3.35. The number of pyridine rings is 1. The molecule has 0 radical (unpaired) electrons. The first-order chi connectivity index (χ1) is 17.8. The van der Waals surface area contributed by atoms with Crippen molar-refractivity contribution in [2.45, 2.75) is 68.7 Å². The van der Waals surface area contributed by atoms with E-state index in [0.717, 1.165) is 36.9 Å². The first-order valence-corrected chi connectivity index (χ1v) is 15.0. The van der Waals surface area contributed by atoms with E-state index in [0.29, 0.717) is 28.3 Å². The summed E-state index contributed by atoms with van der Waals surface area (Å²) >= 11 is 0. The van der Waals surface area contributed by atoms with Crippen molar-refractivity contribution in [3.8, 4) is 16.9 Å². The third-order valence-corrected chi connectivity index (χ3v) is 10.3. The van der Waals surface area contributed by atoms with Gasteiger partial charge in [0.15, 0.2) is 9.84 Å². The standard InChI is InChI=1S/C28H35N3O5S/c1-3-37(33,34)21-4-5-25(23(14-21)24-17-31(2)27(32)26-22(24)6-9-30-26)36-19-12-18(13-19)35-20-15-28(16-20)7-10-29-11-8-28/h4-6,9,14,17-20,29-30H,3,7-8,10-13,15-16H2,1-2H3. The lowest BCUT2D eigenvalue weighted by atomic mass is 9.61. The summed E-state index contributed by atoms with van der Waals surface area (Å²) in [6, 6.07) is 6.90. The monoisotopic (exact) mass is 525 g/mol. The molecule has 1 spiro atoms. The lowest BCUT2D eigenvalue weighted by molar-refractivity contribution is -0.161. The van der Waals surface area contributed by atoms with Crippen molar-refractivity contribution < 1.29 is 17.9 Å². The van der Waals surface area contributed by atoms with Gasteiger partial charge in [0.05, 0.1) is 22.9 Å². The number of aromatic nitrogens is 2. The van der Waals surface area contributed by atoms with Crippen LogP contribution in [-0.4, -0.2) is 55.1 Å². The molecule has 0 atom stereocenters. The fourth-order valence-electron chi connectivity index (χ4n) is 6.21. The number of aryl methyl sites for hydroxylation is 1. The minimum atomic E-state index is -3.41. The number of fused-ring (bicyclic) bond motifs is 1. The fourth-order valence-corrected chi connectivity index (χ4v) is 7.12. The van der Waals surface area contributed by atoms with E-state index in [1.54, 1.807) is 44.6 Å². The van der Waals surface area contributed by atoms with Gasteiger partial charge in [-0.1, -0.05) is 6.92 Å². The van der Waals surface area contributed by atoms with Crippen LogP contribution in [0.25, 0.3) is 22.0 Å². The second-order valence-electron chi connectivity index (χ2n) is 11.0. The van der Waals surface area contributed by atoms with E-state index >= 15 is 0 Å². The van der Waals surface area contributed by atoms with Gasteiger partial charge in [-0.15, -0.1) is 0 Å². The van der Waals surface area contributed by atoms with Crippen LogP contribution in [0.2, 0.25) is 0 Å². The number of sulfone groups is 1. The molecule has 3 aromatic rings. The summed E-state index contributed by atoms with van der Waals surface area (Å²) in [5, 5.41) is 4.19. The molecule has 37 heavy (non-hydrogen) atoms. The number of rotatable bonds is 7. The van der Waals surface area contributed by atoms with Gasteiger partial charge in [-0.3, -0.25) is 4.79 Å². The second kappa shape index (κ2) is 9.29. The van der Waals surface area contributed by atoms with Gasteiger partial charge in [-0.2, -0.15) is 0 Å². The highest BCUT2D eigenvalue weighted by atomic mass is 32.2. The van der Waals surface area contributed by atoms with Gasteiger partial charge in [0, 0.05) is 48.8 Å². The molecular formula is C28H35N3O5S. The Hall–Kier alpha value is -2.62. The number of hydrogen-bond acceptors (Lipinski definition) is 6. The summed E-state index contributed by atoms with van der Waals surface area (Å²) in [6.45, 7) is 3.88. The molecule has 9 heteroatoms. The molecule has 0 bridgehead atoms. The zero-order valence-electron chi connectivity index (χ0n) is 21.5.